The summed E-state index contributed by atoms with van der Waals surface area (Å²) < 4.78 is 11.4. The van der Waals surface area contributed by atoms with Gasteiger partial charge >= 0.3 is 0 Å². The van der Waals surface area contributed by atoms with Gasteiger partial charge in [-0.3, -0.25) is 0 Å². The summed E-state index contributed by atoms with van der Waals surface area (Å²) in [6, 6.07) is 0.0254. The van der Waals surface area contributed by atoms with Gasteiger partial charge in [0.05, 0.1) is 19.3 Å². The Bertz CT molecular complexity index is 389. The van der Waals surface area contributed by atoms with Crippen LogP contribution in [0.1, 0.15) is 149 Å². The van der Waals surface area contributed by atoms with Gasteiger partial charge in [0.2, 0.25) is 0 Å². The zero-order valence-corrected chi connectivity index (χ0v) is 22.8. The van der Waals surface area contributed by atoms with E-state index in [-0.39, 0.29) is 6.04 Å². The van der Waals surface area contributed by atoms with Gasteiger partial charge in [0.25, 0.3) is 0 Å². The van der Waals surface area contributed by atoms with Crippen LogP contribution in [0, 0.1) is 11.8 Å². The molecule has 198 valence electrons. The average molecular weight is 468 g/mol. The van der Waals surface area contributed by atoms with Crippen molar-refractivity contribution in [1.82, 2.24) is 0 Å². The van der Waals surface area contributed by atoms with Crippen molar-refractivity contribution in [3.05, 3.63) is 0 Å². The van der Waals surface area contributed by atoms with Crippen molar-refractivity contribution in [1.29, 1.82) is 0 Å². The van der Waals surface area contributed by atoms with Crippen LogP contribution in [0.15, 0.2) is 0 Å². The Balaban J connectivity index is 1.71. The highest BCUT2D eigenvalue weighted by Gasteiger charge is 2.34. The molecule has 1 aliphatic carbocycles. The number of rotatable bonds is 27. The highest BCUT2D eigenvalue weighted by Crippen LogP contribution is 2.45. The summed E-state index contributed by atoms with van der Waals surface area (Å²) >= 11 is 0. The lowest BCUT2D eigenvalue weighted by atomic mass is 10.0. The van der Waals surface area contributed by atoms with E-state index >= 15 is 0 Å². The Morgan fingerprint density at radius 1 is 0.545 bits per heavy atom. The third kappa shape index (κ3) is 20.9. The predicted molar refractivity (Wildman–Crippen MR) is 145 cm³/mol. The first-order chi connectivity index (χ1) is 16.3. The molecule has 3 heteroatoms. The molecule has 1 fully saturated rings. The third-order valence-electron chi connectivity index (χ3n) is 7.42. The molecule has 0 spiro atoms. The van der Waals surface area contributed by atoms with Crippen LogP contribution in [-0.4, -0.2) is 32.5 Å². The second-order valence-corrected chi connectivity index (χ2v) is 10.9. The molecule has 1 aliphatic rings. The molecule has 0 heterocycles. The number of unbranched alkanes of at least 4 members (excludes halogenated alkanes) is 15. The maximum absolute atomic E-state index is 6.09. The Morgan fingerprint density at radius 2 is 0.909 bits per heavy atom. The largest absolute Gasteiger partial charge is 0.380 e. The summed E-state index contributed by atoms with van der Waals surface area (Å²) in [7, 11) is 0. The maximum Gasteiger partial charge on any atom is 0.0640 e. The first-order valence-electron chi connectivity index (χ1n) is 15.2. The van der Waals surface area contributed by atoms with Crippen molar-refractivity contribution < 1.29 is 9.47 Å². The van der Waals surface area contributed by atoms with Crippen LogP contribution in [0.3, 0.4) is 0 Å². The molecule has 0 aromatic heterocycles. The molecule has 0 amide bonds. The van der Waals surface area contributed by atoms with Gasteiger partial charge in [-0.1, -0.05) is 129 Å². The second kappa shape index (κ2) is 23.6. The van der Waals surface area contributed by atoms with E-state index in [1.807, 2.05) is 0 Å². The average Bonchev–Trinajstić information content (AvgIpc) is 3.57. The first-order valence-corrected chi connectivity index (χ1v) is 15.2. The molecule has 0 bridgehead atoms. The Hall–Kier alpha value is -0.120. The van der Waals surface area contributed by atoms with Gasteiger partial charge in [-0.2, -0.15) is 0 Å². The minimum absolute atomic E-state index is 0.0254. The SMILES string of the molecule is CCCCCCCCOCC(N)COCCCCCCCCC1CC1CCCCCCCC. The molecule has 1 rings (SSSR count). The van der Waals surface area contributed by atoms with Crippen LogP contribution in [0.2, 0.25) is 0 Å². The molecular weight excluding hydrogens is 406 g/mol. The number of ether oxygens (including phenoxy) is 2. The van der Waals surface area contributed by atoms with Crippen LogP contribution in [0.4, 0.5) is 0 Å². The van der Waals surface area contributed by atoms with Crippen molar-refractivity contribution in [3.63, 3.8) is 0 Å². The van der Waals surface area contributed by atoms with E-state index in [1.165, 1.54) is 122 Å². The van der Waals surface area contributed by atoms with E-state index in [2.05, 4.69) is 13.8 Å². The highest BCUT2D eigenvalue weighted by atomic mass is 16.5. The zero-order valence-electron chi connectivity index (χ0n) is 22.8. The van der Waals surface area contributed by atoms with Crippen LogP contribution in [0.25, 0.3) is 0 Å². The van der Waals surface area contributed by atoms with E-state index in [0.29, 0.717) is 13.2 Å². The van der Waals surface area contributed by atoms with Gasteiger partial charge in [0.1, 0.15) is 0 Å². The molecule has 0 aliphatic heterocycles. The minimum Gasteiger partial charge on any atom is -0.380 e. The number of hydrogen-bond donors (Lipinski definition) is 1. The maximum atomic E-state index is 6.09. The monoisotopic (exact) mass is 467 g/mol. The lowest BCUT2D eigenvalue weighted by Crippen LogP contribution is -2.31. The predicted octanol–water partition coefficient (Wildman–Crippen LogP) is 8.82. The summed E-state index contributed by atoms with van der Waals surface area (Å²) in [6.45, 7) is 7.53. The highest BCUT2D eigenvalue weighted by molar-refractivity contribution is 4.85. The standard InChI is InChI=1S/C30H61NO2/c1-3-5-7-9-13-17-21-28-25-29(28)22-18-14-11-12-16-20-24-33-27-30(31)26-32-23-19-15-10-8-6-4-2/h28-30H,3-27,31H2,1-2H3. The Kier molecular flexibility index (Phi) is 22.1. The molecule has 3 atom stereocenters. The quantitative estimate of drug-likeness (QED) is 0.123. The lowest BCUT2D eigenvalue weighted by Gasteiger charge is -2.12. The minimum atomic E-state index is 0.0254. The van der Waals surface area contributed by atoms with Crippen molar-refractivity contribution >= 4 is 0 Å². The summed E-state index contributed by atoms with van der Waals surface area (Å²) in [5, 5.41) is 0. The summed E-state index contributed by atoms with van der Waals surface area (Å²) in [5.41, 5.74) is 6.09. The molecule has 2 N–H and O–H groups in total. The number of hydrogen-bond acceptors (Lipinski definition) is 3. The zero-order chi connectivity index (χ0) is 23.8. The van der Waals surface area contributed by atoms with Gasteiger partial charge < -0.3 is 15.2 Å². The summed E-state index contributed by atoms with van der Waals surface area (Å²) in [4.78, 5) is 0. The van der Waals surface area contributed by atoms with Crippen LogP contribution < -0.4 is 5.73 Å². The molecular formula is C30H61NO2. The first kappa shape index (κ1) is 30.9. The van der Waals surface area contributed by atoms with E-state index < -0.39 is 0 Å². The van der Waals surface area contributed by atoms with E-state index in [4.69, 9.17) is 15.2 Å². The topological polar surface area (TPSA) is 44.5 Å². The van der Waals surface area contributed by atoms with E-state index in [1.54, 1.807) is 6.42 Å². The van der Waals surface area contributed by atoms with Crippen molar-refractivity contribution in [2.24, 2.45) is 17.6 Å². The normalized spacial score (nSPS) is 18.6. The van der Waals surface area contributed by atoms with Crippen LogP contribution >= 0.6 is 0 Å². The molecule has 0 aromatic rings. The van der Waals surface area contributed by atoms with Crippen molar-refractivity contribution in [3.8, 4) is 0 Å². The van der Waals surface area contributed by atoms with Crippen molar-refractivity contribution in [2.75, 3.05) is 26.4 Å². The molecule has 3 unspecified atom stereocenters. The fraction of sp³-hybridized carbons (Fsp3) is 1.00. The smallest absolute Gasteiger partial charge is 0.0640 e. The summed E-state index contributed by atoms with van der Waals surface area (Å²) in [6.07, 6.45) is 29.2. The third-order valence-corrected chi connectivity index (χ3v) is 7.42. The van der Waals surface area contributed by atoms with Crippen LogP contribution in [-0.2, 0) is 9.47 Å². The fourth-order valence-electron chi connectivity index (χ4n) is 5.02. The second-order valence-electron chi connectivity index (χ2n) is 10.9. The fourth-order valence-corrected chi connectivity index (χ4v) is 5.02. The molecule has 0 saturated heterocycles. The number of nitrogens with two attached hydrogens (primary N) is 1. The Labute approximate surface area is 208 Å². The molecule has 33 heavy (non-hydrogen) atoms. The molecule has 0 radical (unpaired) electrons. The van der Waals surface area contributed by atoms with Gasteiger partial charge in [0.15, 0.2) is 0 Å². The van der Waals surface area contributed by atoms with Gasteiger partial charge in [-0.25, -0.2) is 0 Å². The lowest BCUT2D eigenvalue weighted by molar-refractivity contribution is 0.0644. The molecule has 3 nitrogen and oxygen atoms in total. The van der Waals surface area contributed by atoms with E-state index in [0.717, 1.165) is 31.5 Å². The summed E-state index contributed by atoms with van der Waals surface area (Å²) in [5.74, 6) is 2.19. The Morgan fingerprint density at radius 3 is 1.33 bits per heavy atom. The molecule has 0 aromatic carbocycles. The van der Waals surface area contributed by atoms with Gasteiger partial charge in [-0.15, -0.1) is 0 Å². The molecule has 1 saturated carbocycles. The van der Waals surface area contributed by atoms with Crippen LogP contribution in [0.5, 0.6) is 0 Å². The van der Waals surface area contributed by atoms with E-state index in [9.17, 15) is 0 Å². The van der Waals surface area contributed by atoms with Gasteiger partial charge in [-0.05, 0) is 31.1 Å². The van der Waals surface area contributed by atoms with Crippen molar-refractivity contribution in [2.45, 2.75) is 155 Å². The van der Waals surface area contributed by atoms with Gasteiger partial charge in [0, 0.05) is 13.2 Å².